The fourth-order valence-corrected chi connectivity index (χ4v) is 1.31. The molecule has 4 nitrogen and oxygen atoms in total. The predicted octanol–water partition coefficient (Wildman–Crippen LogP) is -0.962. The smallest absolute Gasteiger partial charge is 0.0698 e. The summed E-state index contributed by atoms with van der Waals surface area (Å²) in [4.78, 5) is 10.1. The van der Waals surface area contributed by atoms with Crippen molar-refractivity contribution < 1.29 is 20.1 Å². The zero-order valence-corrected chi connectivity index (χ0v) is 7.63. The molecule has 0 fully saturated rings. The normalized spacial score (nSPS) is 17.1. The Bertz CT molecular complexity index is 166. The first-order valence-electron chi connectivity index (χ1n) is 3.77. The Balaban J connectivity index is 4.13. The molecule has 0 aliphatic carbocycles. The van der Waals surface area contributed by atoms with Crippen LogP contribution in [0.4, 0.5) is 0 Å². The van der Waals surface area contributed by atoms with Gasteiger partial charge in [0.05, 0.1) is 11.2 Å². The van der Waals surface area contributed by atoms with Gasteiger partial charge in [0.15, 0.2) is 0 Å². The Kier molecular flexibility index (Phi) is 3.24. The molecule has 0 spiro atoms. The van der Waals surface area contributed by atoms with Gasteiger partial charge in [0.2, 0.25) is 0 Å². The minimum atomic E-state index is -1.41. The lowest BCUT2D eigenvalue weighted by atomic mass is 9.88. The van der Waals surface area contributed by atoms with Crippen LogP contribution in [0.1, 0.15) is 33.6 Å². The fourth-order valence-electron chi connectivity index (χ4n) is 1.31. The first kappa shape index (κ1) is 11.4. The summed E-state index contributed by atoms with van der Waals surface area (Å²) < 4.78 is 0. The number of hydrogen-bond donors (Lipinski definition) is 2. The van der Waals surface area contributed by atoms with Gasteiger partial charge in [-0.25, -0.2) is 0 Å². The predicted molar refractivity (Wildman–Crippen MR) is 41.2 cm³/mol. The molecule has 0 saturated carbocycles. The number of carbonyl (C=O) groups is 1. The van der Waals surface area contributed by atoms with Gasteiger partial charge in [0, 0.05) is 18.8 Å². The summed E-state index contributed by atoms with van der Waals surface area (Å²) in [6.45, 7) is 4.38. The lowest BCUT2D eigenvalue weighted by Gasteiger charge is -2.30. The van der Waals surface area contributed by atoms with Crippen LogP contribution in [-0.4, -0.2) is 27.4 Å². The molecule has 0 aliphatic heterocycles. The van der Waals surface area contributed by atoms with Crippen molar-refractivity contribution in [3.8, 4) is 0 Å². The number of carboxylic acids is 1. The Morgan fingerprint density at radius 3 is 2.00 bits per heavy atom. The van der Waals surface area contributed by atoms with Gasteiger partial charge in [0.1, 0.15) is 0 Å². The Morgan fingerprint density at radius 2 is 1.75 bits per heavy atom. The van der Waals surface area contributed by atoms with E-state index in [1.165, 1.54) is 20.8 Å². The van der Waals surface area contributed by atoms with Crippen molar-refractivity contribution in [1.82, 2.24) is 0 Å². The summed E-state index contributed by atoms with van der Waals surface area (Å²) in [6.07, 6.45) is -0.453. The maximum Gasteiger partial charge on any atom is 0.0698 e. The topological polar surface area (TPSA) is 80.6 Å². The van der Waals surface area contributed by atoms with Crippen LogP contribution in [0, 0.1) is 0 Å². The van der Waals surface area contributed by atoms with Crippen molar-refractivity contribution in [2.24, 2.45) is 0 Å². The first-order valence-corrected chi connectivity index (χ1v) is 3.77. The van der Waals surface area contributed by atoms with Gasteiger partial charge >= 0.3 is 0 Å². The zero-order valence-electron chi connectivity index (χ0n) is 7.63. The van der Waals surface area contributed by atoms with Crippen molar-refractivity contribution >= 4 is 5.97 Å². The van der Waals surface area contributed by atoms with Crippen molar-refractivity contribution in [3.63, 3.8) is 0 Å². The van der Waals surface area contributed by atoms with Crippen LogP contribution >= 0.6 is 0 Å². The molecule has 1 unspecified atom stereocenters. The molecular formula is C8H15O4-. The van der Waals surface area contributed by atoms with Gasteiger partial charge in [-0.1, -0.05) is 0 Å². The number of hydrogen-bond acceptors (Lipinski definition) is 4. The molecule has 1 atom stereocenters. The van der Waals surface area contributed by atoms with E-state index < -0.39 is 23.6 Å². The summed E-state index contributed by atoms with van der Waals surface area (Å²) in [6, 6.07) is 0. The molecule has 0 rings (SSSR count). The summed E-state index contributed by atoms with van der Waals surface area (Å²) in [5, 5.41) is 28.9. The second kappa shape index (κ2) is 3.41. The van der Waals surface area contributed by atoms with Crippen LogP contribution in [0.5, 0.6) is 0 Å². The molecule has 2 N–H and O–H groups in total. The average molecular weight is 175 g/mol. The molecule has 12 heavy (non-hydrogen) atoms. The molecule has 0 aromatic heterocycles. The summed E-state index contributed by atoms with van der Waals surface area (Å²) >= 11 is 0. The van der Waals surface area contributed by atoms with Crippen molar-refractivity contribution in [2.45, 2.75) is 44.8 Å². The molecule has 0 saturated heterocycles. The van der Waals surface area contributed by atoms with Crippen molar-refractivity contribution in [1.29, 1.82) is 0 Å². The molecular weight excluding hydrogens is 160 g/mol. The fraction of sp³-hybridized carbons (Fsp3) is 0.875. The lowest BCUT2D eigenvalue weighted by molar-refractivity contribution is -0.309. The van der Waals surface area contributed by atoms with E-state index in [1.807, 2.05) is 0 Å². The lowest BCUT2D eigenvalue weighted by Crippen LogP contribution is -2.40. The van der Waals surface area contributed by atoms with E-state index in [4.69, 9.17) is 0 Å². The van der Waals surface area contributed by atoms with Gasteiger partial charge in [-0.2, -0.15) is 0 Å². The Labute approximate surface area is 71.8 Å². The van der Waals surface area contributed by atoms with E-state index >= 15 is 0 Å². The number of aliphatic carboxylic acids is 1. The van der Waals surface area contributed by atoms with E-state index in [0.717, 1.165) is 0 Å². The minimum Gasteiger partial charge on any atom is -0.550 e. The van der Waals surface area contributed by atoms with Gasteiger partial charge in [-0.3, -0.25) is 0 Å². The standard InChI is InChI=1S/C8H16O4/c1-7(2,11)5-8(3,12)4-6(9)10/h11-12H,4-5H2,1-3H3,(H,9,10)/p-1. The highest BCUT2D eigenvalue weighted by molar-refractivity contribution is 5.65. The van der Waals surface area contributed by atoms with Crippen LogP contribution in [0.3, 0.4) is 0 Å². The number of carboxylic acid groups (broad SMARTS) is 1. The minimum absolute atomic E-state index is 0.00792. The molecule has 0 aromatic carbocycles. The zero-order chi connectivity index (χ0) is 9.99. The molecule has 4 heteroatoms. The van der Waals surface area contributed by atoms with E-state index in [0.29, 0.717) is 0 Å². The summed E-state index contributed by atoms with van der Waals surface area (Å²) in [5.74, 6) is -1.32. The molecule has 0 radical (unpaired) electrons. The second-order valence-electron chi connectivity index (χ2n) is 4.03. The highest BCUT2D eigenvalue weighted by Gasteiger charge is 2.28. The molecule has 72 valence electrons. The maximum absolute atomic E-state index is 10.1. The number of rotatable bonds is 4. The third-order valence-corrected chi connectivity index (χ3v) is 1.34. The molecule has 0 aromatic rings. The van der Waals surface area contributed by atoms with E-state index in [2.05, 4.69) is 0 Å². The van der Waals surface area contributed by atoms with E-state index in [9.17, 15) is 20.1 Å². The molecule has 0 heterocycles. The Morgan fingerprint density at radius 1 is 1.33 bits per heavy atom. The first-order chi connectivity index (χ1) is 5.12. The highest BCUT2D eigenvalue weighted by Crippen LogP contribution is 2.22. The largest absolute Gasteiger partial charge is 0.550 e. The summed E-state index contributed by atoms with van der Waals surface area (Å²) in [5.41, 5.74) is -2.48. The maximum atomic E-state index is 10.1. The monoisotopic (exact) mass is 175 g/mol. The average Bonchev–Trinajstić information content (AvgIpc) is 1.48. The van der Waals surface area contributed by atoms with Gasteiger partial charge < -0.3 is 20.1 Å². The van der Waals surface area contributed by atoms with Crippen molar-refractivity contribution in [3.05, 3.63) is 0 Å². The van der Waals surface area contributed by atoms with Crippen molar-refractivity contribution in [2.75, 3.05) is 0 Å². The third-order valence-electron chi connectivity index (χ3n) is 1.34. The van der Waals surface area contributed by atoms with Crippen LogP contribution in [0.15, 0.2) is 0 Å². The van der Waals surface area contributed by atoms with E-state index in [1.54, 1.807) is 0 Å². The molecule has 0 aliphatic rings. The highest BCUT2D eigenvalue weighted by atomic mass is 16.4. The van der Waals surface area contributed by atoms with Gasteiger partial charge in [-0.05, 0) is 20.8 Å². The van der Waals surface area contributed by atoms with E-state index in [-0.39, 0.29) is 6.42 Å². The quantitative estimate of drug-likeness (QED) is 0.576. The molecule has 0 amide bonds. The SMILES string of the molecule is CC(C)(O)CC(C)(O)CC(=O)[O-]. The molecule has 0 bridgehead atoms. The number of carbonyl (C=O) groups excluding carboxylic acids is 1. The number of aliphatic hydroxyl groups is 2. The summed E-state index contributed by atoms with van der Waals surface area (Å²) in [7, 11) is 0. The van der Waals surface area contributed by atoms with Crippen LogP contribution in [0.25, 0.3) is 0 Å². The Hall–Kier alpha value is -0.610. The van der Waals surface area contributed by atoms with Gasteiger partial charge in [0.25, 0.3) is 0 Å². The third kappa shape index (κ3) is 6.12. The second-order valence-corrected chi connectivity index (χ2v) is 4.03. The van der Waals surface area contributed by atoms with Crippen LogP contribution in [-0.2, 0) is 4.79 Å². The van der Waals surface area contributed by atoms with Crippen LogP contribution < -0.4 is 5.11 Å². The van der Waals surface area contributed by atoms with Crippen LogP contribution in [0.2, 0.25) is 0 Å². The van der Waals surface area contributed by atoms with Gasteiger partial charge in [-0.15, -0.1) is 0 Å².